The van der Waals surface area contributed by atoms with Gasteiger partial charge in [-0.25, -0.2) is 0 Å². The van der Waals surface area contributed by atoms with E-state index in [4.69, 9.17) is 0 Å². The van der Waals surface area contributed by atoms with E-state index >= 15 is 0 Å². The van der Waals surface area contributed by atoms with Crippen LogP contribution in [0.4, 0.5) is 18.9 Å². The molecule has 1 aromatic heterocycles. The molecule has 0 aliphatic carbocycles. The number of carbonyl (C=O) groups excluding carboxylic acids is 1. The minimum atomic E-state index is -4.46. The van der Waals surface area contributed by atoms with Crippen molar-refractivity contribution in [3.63, 3.8) is 0 Å². The van der Waals surface area contributed by atoms with Gasteiger partial charge in [-0.1, -0.05) is 0 Å². The molecule has 0 radical (unpaired) electrons. The van der Waals surface area contributed by atoms with Crippen LogP contribution in [0.5, 0.6) is 0 Å². The van der Waals surface area contributed by atoms with Crippen molar-refractivity contribution in [2.24, 2.45) is 0 Å². The first-order valence-electron chi connectivity index (χ1n) is 7.98. The highest BCUT2D eigenvalue weighted by Gasteiger charge is 2.34. The van der Waals surface area contributed by atoms with Gasteiger partial charge < -0.3 is 15.0 Å². The summed E-state index contributed by atoms with van der Waals surface area (Å²) in [5.74, 6) is -0.487. The Bertz CT molecular complexity index is 863. The summed E-state index contributed by atoms with van der Waals surface area (Å²) in [6, 6.07) is 3.08. The number of carbonyl (C=O) groups is 2. The third-order valence-electron chi connectivity index (χ3n) is 4.28. The van der Waals surface area contributed by atoms with Crippen molar-refractivity contribution in [1.29, 1.82) is 0 Å². The fourth-order valence-corrected chi connectivity index (χ4v) is 2.89. The Balaban J connectivity index is 1.68. The minimum absolute atomic E-state index is 0.108. The number of anilines is 1. The second-order valence-electron chi connectivity index (χ2n) is 6.16. The molecule has 1 aromatic carbocycles. The molecule has 27 heavy (non-hydrogen) atoms. The Morgan fingerprint density at radius 1 is 1.26 bits per heavy atom. The molecule has 8 nitrogen and oxygen atoms in total. The quantitative estimate of drug-likeness (QED) is 0.830. The zero-order valence-electron chi connectivity index (χ0n) is 14.2. The second kappa shape index (κ2) is 6.99. The smallest absolute Gasteiger partial charge is 0.416 e. The van der Waals surface area contributed by atoms with E-state index in [9.17, 15) is 27.9 Å². The highest BCUT2D eigenvalue weighted by molar-refractivity contribution is 5.92. The van der Waals surface area contributed by atoms with E-state index in [1.807, 2.05) is 0 Å². The predicted octanol–water partition coefficient (Wildman–Crippen LogP) is 1.51. The molecule has 0 fully saturated rings. The first-order valence-corrected chi connectivity index (χ1v) is 7.98. The summed E-state index contributed by atoms with van der Waals surface area (Å²) in [4.78, 5) is 25.2. The van der Waals surface area contributed by atoms with E-state index in [-0.39, 0.29) is 25.3 Å². The third-order valence-corrected chi connectivity index (χ3v) is 4.28. The number of aryl methyl sites for hydroxylation is 1. The number of hydrogen-bond acceptors (Lipinski definition) is 5. The van der Waals surface area contributed by atoms with Gasteiger partial charge in [0, 0.05) is 5.69 Å². The second-order valence-corrected chi connectivity index (χ2v) is 6.16. The Hall–Kier alpha value is -2.95. The van der Waals surface area contributed by atoms with Gasteiger partial charge in [0.15, 0.2) is 0 Å². The average molecular weight is 383 g/mol. The summed E-state index contributed by atoms with van der Waals surface area (Å²) < 4.78 is 39.4. The van der Waals surface area contributed by atoms with Crippen LogP contribution in [0.3, 0.4) is 0 Å². The molecule has 144 valence electrons. The Labute approximate surface area is 151 Å². The zero-order valence-corrected chi connectivity index (χ0v) is 14.2. The third kappa shape index (κ3) is 4.08. The lowest BCUT2D eigenvalue weighted by Crippen LogP contribution is -2.50. The number of nitrogens with zero attached hydrogens (tertiary/aromatic N) is 4. The largest absolute Gasteiger partial charge is 0.480 e. The molecule has 1 atom stereocenters. The van der Waals surface area contributed by atoms with Gasteiger partial charge in [-0.2, -0.15) is 13.2 Å². The van der Waals surface area contributed by atoms with Gasteiger partial charge in [-0.3, -0.25) is 14.5 Å². The van der Waals surface area contributed by atoms with Crippen LogP contribution >= 0.6 is 0 Å². The van der Waals surface area contributed by atoms with Gasteiger partial charge in [0.25, 0.3) is 0 Å². The number of halogens is 3. The maximum atomic E-state index is 12.6. The fourth-order valence-electron chi connectivity index (χ4n) is 2.89. The first-order chi connectivity index (χ1) is 12.6. The van der Waals surface area contributed by atoms with Crippen LogP contribution in [0.25, 0.3) is 0 Å². The van der Waals surface area contributed by atoms with E-state index in [0.29, 0.717) is 11.6 Å². The molecule has 1 amide bonds. The van der Waals surface area contributed by atoms with Crippen molar-refractivity contribution in [1.82, 2.24) is 19.7 Å². The monoisotopic (exact) mass is 383 g/mol. The van der Waals surface area contributed by atoms with E-state index in [0.717, 1.165) is 24.3 Å². The number of carboxylic acids is 1. The van der Waals surface area contributed by atoms with Gasteiger partial charge >= 0.3 is 12.1 Å². The number of fused-ring (bicyclic) bond motifs is 1. The fraction of sp³-hybridized carbons (Fsp3) is 0.375. The van der Waals surface area contributed by atoms with Crippen LogP contribution in [-0.4, -0.2) is 49.2 Å². The molecule has 11 heteroatoms. The van der Waals surface area contributed by atoms with Crippen molar-refractivity contribution in [3.8, 4) is 0 Å². The molecule has 0 spiro atoms. The number of amides is 1. The SMILES string of the molecule is Cc1nnc2n1CC(C(=O)O)N(CC(=O)Nc1ccc(C(F)(F)F)cc1)C2. The number of nitrogens with one attached hydrogen (secondary N) is 1. The Kier molecular flexibility index (Phi) is 4.87. The van der Waals surface area contributed by atoms with Crippen LogP contribution in [0.15, 0.2) is 24.3 Å². The Morgan fingerprint density at radius 3 is 2.52 bits per heavy atom. The number of carboxylic acid groups (broad SMARTS) is 1. The van der Waals surface area contributed by atoms with Crippen molar-refractivity contribution in [3.05, 3.63) is 41.5 Å². The van der Waals surface area contributed by atoms with Crippen LogP contribution in [0.2, 0.25) is 0 Å². The van der Waals surface area contributed by atoms with E-state index in [2.05, 4.69) is 15.5 Å². The number of alkyl halides is 3. The molecule has 0 saturated heterocycles. The van der Waals surface area contributed by atoms with E-state index < -0.39 is 29.7 Å². The summed E-state index contributed by atoms with van der Waals surface area (Å²) >= 11 is 0. The van der Waals surface area contributed by atoms with Crippen molar-refractivity contribution in [2.45, 2.75) is 32.2 Å². The molecule has 2 heterocycles. The van der Waals surface area contributed by atoms with E-state index in [1.165, 1.54) is 4.90 Å². The van der Waals surface area contributed by atoms with Gasteiger partial charge in [0.1, 0.15) is 17.7 Å². The lowest BCUT2D eigenvalue weighted by Gasteiger charge is -2.32. The predicted molar refractivity (Wildman–Crippen MR) is 86.7 cm³/mol. The van der Waals surface area contributed by atoms with Crippen LogP contribution in [-0.2, 0) is 28.9 Å². The summed E-state index contributed by atoms with van der Waals surface area (Å²) in [7, 11) is 0. The number of aromatic nitrogens is 3. The summed E-state index contributed by atoms with van der Waals surface area (Å²) in [5, 5.41) is 19.8. The summed E-state index contributed by atoms with van der Waals surface area (Å²) in [6.07, 6.45) is -4.46. The van der Waals surface area contributed by atoms with Gasteiger partial charge in [-0.15, -0.1) is 10.2 Å². The van der Waals surface area contributed by atoms with Crippen LogP contribution < -0.4 is 5.32 Å². The molecule has 2 aromatic rings. The number of hydrogen-bond donors (Lipinski definition) is 2. The lowest BCUT2D eigenvalue weighted by atomic mass is 10.1. The van der Waals surface area contributed by atoms with Crippen LogP contribution in [0.1, 0.15) is 17.2 Å². The van der Waals surface area contributed by atoms with Crippen molar-refractivity contribution in [2.75, 3.05) is 11.9 Å². The lowest BCUT2D eigenvalue weighted by molar-refractivity contribution is -0.145. The standard InChI is InChI=1S/C16H16F3N5O3/c1-9-21-22-13-7-23(12(15(26)27)6-24(9)13)8-14(25)20-11-4-2-10(3-5-11)16(17,18)19/h2-5,12H,6-8H2,1H3,(H,20,25)(H,26,27). The molecular weight excluding hydrogens is 367 g/mol. The maximum absolute atomic E-state index is 12.6. The summed E-state index contributed by atoms with van der Waals surface area (Å²) in [6.45, 7) is 1.70. The highest BCUT2D eigenvalue weighted by atomic mass is 19.4. The van der Waals surface area contributed by atoms with Gasteiger partial charge in [-0.05, 0) is 31.2 Å². The molecule has 1 aliphatic heterocycles. The highest BCUT2D eigenvalue weighted by Crippen LogP contribution is 2.29. The minimum Gasteiger partial charge on any atom is -0.480 e. The maximum Gasteiger partial charge on any atom is 0.416 e. The molecule has 0 bridgehead atoms. The Morgan fingerprint density at radius 2 is 1.93 bits per heavy atom. The average Bonchev–Trinajstić information content (AvgIpc) is 2.94. The normalized spacial score (nSPS) is 17.4. The van der Waals surface area contributed by atoms with Crippen molar-refractivity contribution >= 4 is 17.6 Å². The van der Waals surface area contributed by atoms with E-state index in [1.54, 1.807) is 11.5 Å². The van der Waals surface area contributed by atoms with Gasteiger partial charge in [0.2, 0.25) is 5.91 Å². The zero-order chi connectivity index (χ0) is 19.8. The molecule has 0 saturated carbocycles. The number of benzene rings is 1. The topological polar surface area (TPSA) is 100 Å². The molecule has 1 unspecified atom stereocenters. The molecular formula is C16H16F3N5O3. The van der Waals surface area contributed by atoms with Gasteiger partial charge in [0.05, 0.1) is 25.2 Å². The number of aliphatic carboxylic acids is 1. The van der Waals surface area contributed by atoms with Crippen molar-refractivity contribution < 1.29 is 27.9 Å². The first kappa shape index (κ1) is 18.8. The summed E-state index contributed by atoms with van der Waals surface area (Å²) in [5.41, 5.74) is -0.631. The van der Waals surface area contributed by atoms with Crippen LogP contribution in [0, 0.1) is 6.92 Å². The number of rotatable bonds is 4. The molecule has 1 aliphatic rings. The molecule has 2 N–H and O–H groups in total. The molecule has 3 rings (SSSR count).